The molecule has 1 fully saturated rings. The van der Waals surface area contributed by atoms with Gasteiger partial charge < -0.3 is 10.6 Å². The van der Waals surface area contributed by atoms with Gasteiger partial charge in [-0.05, 0) is 6.07 Å². The summed E-state index contributed by atoms with van der Waals surface area (Å²) in [6.07, 6.45) is 0. The van der Waals surface area contributed by atoms with E-state index in [0.29, 0.717) is 25.2 Å². The molecule has 1 aliphatic rings. The van der Waals surface area contributed by atoms with Gasteiger partial charge in [0.2, 0.25) is 5.82 Å². The first kappa shape index (κ1) is 12.4. The van der Waals surface area contributed by atoms with E-state index in [2.05, 4.69) is 10.6 Å². The van der Waals surface area contributed by atoms with Gasteiger partial charge in [0.15, 0.2) is 0 Å². The third-order valence-corrected chi connectivity index (χ3v) is 2.58. The van der Waals surface area contributed by atoms with E-state index in [4.69, 9.17) is 0 Å². The van der Waals surface area contributed by atoms with Gasteiger partial charge in [-0.15, -0.1) is 0 Å². The summed E-state index contributed by atoms with van der Waals surface area (Å²) >= 11 is 0. The van der Waals surface area contributed by atoms with Crippen molar-refractivity contribution in [2.24, 2.45) is 0 Å². The molecular weight excluding hydrogens is 248 g/mol. The number of nitro benzene ring substituents is 1. The lowest BCUT2D eigenvalue weighted by Gasteiger charge is -2.27. The molecule has 1 aromatic rings. The zero-order valence-corrected chi connectivity index (χ0v) is 9.07. The van der Waals surface area contributed by atoms with Gasteiger partial charge in [0.1, 0.15) is 5.82 Å². The second-order valence-electron chi connectivity index (χ2n) is 3.87. The molecule has 0 bridgehead atoms. The largest absolute Gasteiger partial charge is 0.347 e. The van der Waals surface area contributed by atoms with Crippen molar-refractivity contribution in [2.75, 3.05) is 13.1 Å². The molecule has 0 unspecified atom stereocenters. The maximum absolute atomic E-state index is 13.6. The molecule has 0 saturated carbocycles. The quantitative estimate of drug-likeness (QED) is 0.612. The van der Waals surface area contributed by atoms with Gasteiger partial charge in [-0.1, -0.05) is 0 Å². The summed E-state index contributed by atoms with van der Waals surface area (Å²) in [5.74, 6) is -3.22. The molecule has 1 saturated heterocycles. The Balaban J connectivity index is 2.31. The molecule has 0 atom stereocenters. The summed E-state index contributed by atoms with van der Waals surface area (Å²) in [6, 6.07) is 0.917. The summed E-state index contributed by atoms with van der Waals surface area (Å²) in [6.45, 7) is 1.07. The smallest absolute Gasteiger partial charge is 0.308 e. The van der Waals surface area contributed by atoms with Crippen molar-refractivity contribution in [2.45, 2.75) is 6.04 Å². The fourth-order valence-electron chi connectivity index (χ4n) is 1.53. The first-order chi connectivity index (χ1) is 8.49. The minimum absolute atomic E-state index is 0.167. The minimum atomic E-state index is -1.33. The van der Waals surface area contributed by atoms with Gasteiger partial charge in [-0.2, -0.15) is 4.39 Å². The zero-order chi connectivity index (χ0) is 13.3. The molecule has 0 aromatic heterocycles. The number of rotatable bonds is 3. The average Bonchev–Trinajstić information content (AvgIpc) is 2.25. The molecule has 8 heteroatoms. The van der Waals surface area contributed by atoms with Crippen LogP contribution in [0.15, 0.2) is 12.1 Å². The van der Waals surface area contributed by atoms with E-state index >= 15 is 0 Å². The van der Waals surface area contributed by atoms with E-state index in [-0.39, 0.29) is 6.04 Å². The lowest BCUT2D eigenvalue weighted by Crippen LogP contribution is -2.57. The van der Waals surface area contributed by atoms with Crippen LogP contribution < -0.4 is 10.6 Å². The number of carbonyl (C=O) groups excluding carboxylic acids is 1. The van der Waals surface area contributed by atoms with Crippen LogP contribution in [0.1, 0.15) is 10.4 Å². The summed E-state index contributed by atoms with van der Waals surface area (Å²) < 4.78 is 26.7. The highest BCUT2D eigenvalue weighted by Gasteiger charge is 2.26. The van der Waals surface area contributed by atoms with Crippen molar-refractivity contribution in [1.82, 2.24) is 10.6 Å². The third-order valence-electron chi connectivity index (χ3n) is 2.58. The van der Waals surface area contributed by atoms with Crippen molar-refractivity contribution >= 4 is 11.6 Å². The Labute approximate surface area is 100 Å². The van der Waals surface area contributed by atoms with E-state index in [1.807, 2.05) is 0 Å². The first-order valence-corrected chi connectivity index (χ1v) is 5.14. The minimum Gasteiger partial charge on any atom is -0.347 e. The molecule has 96 valence electrons. The van der Waals surface area contributed by atoms with Crippen LogP contribution in [0, 0.1) is 21.7 Å². The van der Waals surface area contributed by atoms with E-state index < -0.39 is 33.7 Å². The molecule has 1 amide bonds. The van der Waals surface area contributed by atoms with Gasteiger partial charge >= 0.3 is 5.69 Å². The molecule has 1 aliphatic heterocycles. The van der Waals surface area contributed by atoms with Crippen LogP contribution in [-0.2, 0) is 0 Å². The van der Waals surface area contributed by atoms with Gasteiger partial charge in [-0.25, -0.2) is 4.39 Å². The highest BCUT2D eigenvalue weighted by molar-refractivity contribution is 5.95. The van der Waals surface area contributed by atoms with E-state index in [1.54, 1.807) is 0 Å². The maximum Gasteiger partial charge on any atom is 0.308 e. The Morgan fingerprint density at radius 1 is 1.44 bits per heavy atom. The molecule has 0 spiro atoms. The highest BCUT2D eigenvalue weighted by Crippen LogP contribution is 2.22. The molecule has 6 nitrogen and oxygen atoms in total. The van der Waals surface area contributed by atoms with E-state index in [1.165, 1.54) is 0 Å². The number of benzene rings is 1. The van der Waals surface area contributed by atoms with Crippen LogP contribution in [0.3, 0.4) is 0 Å². The molecule has 2 rings (SSSR count). The Kier molecular flexibility index (Phi) is 3.19. The Hall–Kier alpha value is -2.09. The lowest BCUT2D eigenvalue weighted by molar-refractivity contribution is -0.387. The number of amides is 1. The number of nitrogens with one attached hydrogen (secondary N) is 2. The molecule has 0 radical (unpaired) electrons. The van der Waals surface area contributed by atoms with Crippen molar-refractivity contribution in [1.29, 1.82) is 0 Å². The fourth-order valence-corrected chi connectivity index (χ4v) is 1.53. The molecule has 1 aromatic carbocycles. The van der Waals surface area contributed by atoms with Crippen molar-refractivity contribution < 1.29 is 18.5 Å². The standard InChI is InChI=1S/C10H9F2N3O3/c11-5-1-7(9(12)8(2-5)15(17)18)10(16)14-6-3-13-4-6/h1-2,6,13H,3-4H2,(H,14,16). The van der Waals surface area contributed by atoms with Gasteiger partial charge in [-0.3, -0.25) is 14.9 Å². The van der Waals surface area contributed by atoms with Crippen LogP contribution in [0.5, 0.6) is 0 Å². The third kappa shape index (κ3) is 2.28. The number of nitro groups is 1. The topological polar surface area (TPSA) is 84.3 Å². The van der Waals surface area contributed by atoms with E-state index in [9.17, 15) is 23.7 Å². The predicted molar refractivity (Wildman–Crippen MR) is 57.1 cm³/mol. The van der Waals surface area contributed by atoms with Crippen LogP contribution in [-0.4, -0.2) is 30.0 Å². The Bertz CT molecular complexity index is 517. The number of hydrogen-bond donors (Lipinski definition) is 2. The lowest BCUT2D eigenvalue weighted by atomic mass is 10.1. The second-order valence-corrected chi connectivity index (χ2v) is 3.87. The summed E-state index contributed by atoms with van der Waals surface area (Å²) in [4.78, 5) is 21.1. The fraction of sp³-hybridized carbons (Fsp3) is 0.300. The summed E-state index contributed by atoms with van der Waals surface area (Å²) in [7, 11) is 0. The predicted octanol–water partition coefficient (Wildman–Crippen LogP) is 0.575. The molecular formula is C10H9F2N3O3. The van der Waals surface area contributed by atoms with Crippen LogP contribution in [0.25, 0.3) is 0 Å². The molecule has 2 N–H and O–H groups in total. The highest BCUT2D eigenvalue weighted by atomic mass is 19.1. The molecule has 18 heavy (non-hydrogen) atoms. The van der Waals surface area contributed by atoms with E-state index in [0.717, 1.165) is 0 Å². The first-order valence-electron chi connectivity index (χ1n) is 5.14. The zero-order valence-electron chi connectivity index (χ0n) is 9.07. The van der Waals surface area contributed by atoms with Crippen LogP contribution in [0.2, 0.25) is 0 Å². The van der Waals surface area contributed by atoms with Gasteiger partial charge in [0.05, 0.1) is 22.6 Å². The van der Waals surface area contributed by atoms with Crippen LogP contribution in [0.4, 0.5) is 14.5 Å². The molecule has 0 aliphatic carbocycles. The molecule has 1 heterocycles. The Morgan fingerprint density at radius 2 is 2.11 bits per heavy atom. The Morgan fingerprint density at radius 3 is 2.61 bits per heavy atom. The van der Waals surface area contributed by atoms with Gasteiger partial charge in [0, 0.05) is 13.1 Å². The average molecular weight is 257 g/mol. The normalized spacial score (nSPS) is 15.0. The summed E-state index contributed by atoms with van der Waals surface area (Å²) in [5.41, 5.74) is -1.71. The van der Waals surface area contributed by atoms with Crippen molar-refractivity contribution in [3.63, 3.8) is 0 Å². The summed E-state index contributed by atoms with van der Waals surface area (Å²) in [5, 5.41) is 15.8. The van der Waals surface area contributed by atoms with Crippen molar-refractivity contribution in [3.8, 4) is 0 Å². The van der Waals surface area contributed by atoms with Crippen LogP contribution >= 0.6 is 0 Å². The monoisotopic (exact) mass is 257 g/mol. The van der Waals surface area contributed by atoms with Gasteiger partial charge in [0.25, 0.3) is 5.91 Å². The maximum atomic E-state index is 13.6. The van der Waals surface area contributed by atoms with Crippen molar-refractivity contribution in [3.05, 3.63) is 39.4 Å². The number of carbonyl (C=O) groups is 1. The number of halogens is 2. The number of nitrogens with zero attached hydrogens (tertiary/aromatic N) is 1. The SMILES string of the molecule is O=C(NC1CNC1)c1cc(F)cc([N+](=O)[O-])c1F. The number of hydrogen-bond acceptors (Lipinski definition) is 4. The second kappa shape index (κ2) is 4.65.